The van der Waals surface area contributed by atoms with E-state index in [2.05, 4.69) is 60.3 Å². The minimum Gasteiger partial charge on any atom is -0.464 e. The number of hydrogen-bond acceptors (Lipinski definition) is 3. The number of hydrogen-bond donors (Lipinski definition) is 0. The van der Waals surface area contributed by atoms with Crippen LogP contribution in [0.15, 0.2) is 0 Å². The van der Waals surface area contributed by atoms with Crippen LogP contribution in [0.1, 0.15) is 68.2 Å². The van der Waals surface area contributed by atoms with E-state index >= 15 is 0 Å². The van der Waals surface area contributed by atoms with Crippen LogP contribution in [0.3, 0.4) is 0 Å². The van der Waals surface area contributed by atoms with Crippen LogP contribution in [0.2, 0.25) is 0 Å². The van der Waals surface area contributed by atoms with Crippen molar-refractivity contribution in [2.45, 2.75) is 68.2 Å². The quantitative estimate of drug-likeness (QED) is 0.561. The molecule has 0 bridgehead atoms. The van der Waals surface area contributed by atoms with Gasteiger partial charge < -0.3 is 9.64 Å². The molecule has 1 atom stereocenters. The highest BCUT2D eigenvalue weighted by Gasteiger charge is 2.42. The van der Waals surface area contributed by atoms with Gasteiger partial charge >= 0.3 is 5.97 Å². The van der Waals surface area contributed by atoms with Crippen LogP contribution in [-0.4, -0.2) is 37.1 Å². The van der Waals surface area contributed by atoms with Crippen LogP contribution in [0.5, 0.6) is 0 Å². The number of carbonyl (C=O) groups excluding carboxylic acids is 1. The van der Waals surface area contributed by atoms with Crippen molar-refractivity contribution in [2.24, 2.45) is 16.7 Å². The highest BCUT2D eigenvalue weighted by molar-refractivity contribution is 5.76. The van der Waals surface area contributed by atoms with Crippen molar-refractivity contribution in [3.63, 3.8) is 0 Å². The summed E-state index contributed by atoms with van der Waals surface area (Å²) >= 11 is 0. The summed E-state index contributed by atoms with van der Waals surface area (Å²) in [4.78, 5) is 14.9. The molecule has 21 heavy (non-hydrogen) atoms. The van der Waals surface area contributed by atoms with Gasteiger partial charge in [-0.2, -0.15) is 0 Å². The van der Waals surface area contributed by atoms with E-state index < -0.39 is 5.41 Å². The Labute approximate surface area is 132 Å². The second-order valence-electron chi connectivity index (χ2n) is 7.43. The maximum Gasteiger partial charge on any atom is 0.312 e. The summed E-state index contributed by atoms with van der Waals surface area (Å²) in [5.74, 6) is 0.246. The lowest BCUT2D eigenvalue weighted by molar-refractivity contribution is -0.160. The second kappa shape index (κ2) is 8.77. The van der Waals surface area contributed by atoms with E-state index in [4.69, 9.17) is 4.74 Å². The van der Waals surface area contributed by atoms with E-state index in [9.17, 15) is 4.79 Å². The predicted molar refractivity (Wildman–Crippen MR) is 90.4 cm³/mol. The van der Waals surface area contributed by atoms with Crippen molar-refractivity contribution in [1.29, 1.82) is 0 Å². The van der Waals surface area contributed by atoms with Crippen molar-refractivity contribution in [1.82, 2.24) is 4.90 Å². The normalized spacial score (nSPS) is 15.3. The number of ether oxygens (including phenoxy) is 1. The molecular weight excluding hydrogens is 262 g/mol. The van der Waals surface area contributed by atoms with Gasteiger partial charge in [-0.15, -0.1) is 0 Å². The number of likely N-dealkylation sites (N-methyl/N-ethyl adjacent to an activating group) is 1. The van der Waals surface area contributed by atoms with Crippen LogP contribution in [0, 0.1) is 16.7 Å². The molecule has 0 heterocycles. The van der Waals surface area contributed by atoms with Gasteiger partial charge in [0.05, 0.1) is 5.41 Å². The molecule has 0 aliphatic heterocycles. The molecule has 1 unspecified atom stereocenters. The summed E-state index contributed by atoms with van der Waals surface area (Å²) < 4.78 is 5.61. The molecule has 0 aromatic rings. The third kappa shape index (κ3) is 6.37. The SMILES string of the molecule is CCN(CC)CCOC(=O)C(C)(CC(C)(C)CC)C(C)C. The van der Waals surface area contributed by atoms with E-state index in [1.54, 1.807) is 0 Å². The molecular formula is C18H37NO2. The first kappa shape index (κ1) is 20.4. The van der Waals surface area contributed by atoms with E-state index in [0.717, 1.165) is 32.5 Å². The number of rotatable bonds is 10. The molecule has 0 fully saturated rings. The molecule has 0 aliphatic rings. The number of carbonyl (C=O) groups is 1. The summed E-state index contributed by atoms with van der Waals surface area (Å²) in [6, 6.07) is 0. The lowest BCUT2D eigenvalue weighted by Crippen LogP contribution is -2.40. The van der Waals surface area contributed by atoms with Gasteiger partial charge in [0, 0.05) is 6.54 Å². The monoisotopic (exact) mass is 299 g/mol. The molecule has 3 heteroatoms. The lowest BCUT2D eigenvalue weighted by atomic mass is 9.67. The Morgan fingerprint density at radius 1 is 1.10 bits per heavy atom. The van der Waals surface area contributed by atoms with Crippen molar-refractivity contribution >= 4 is 5.97 Å². The fraction of sp³-hybridized carbons (Fsp3) is 0.944. The van der Waals surface area contributed by atoms with Crippen molar-refractivity contribution in [2.75, 3.05) is 26.2 Å². The summed E-state index contributed by atoms with van der Waals surface area (Å²) in [6.07, 6.45) is 1.94. The second-order valence-corrected chi connectivity index (χ2v) is 7.43. The first-order valence-corrected chi connectivity index (χ1v) is 8.52. The maximum absolute atomic E-state index is 12.6. The average molecular weight is 299 g/mol. The Hall–Kier alpha value is -0.570. The molecule has 0 spiro atoms. The van der Waals surface area contributed by atoms with Gasteiger partial charge in [0.15, 0.2) is 0 Å². The van der Waals surface area contributed by atoms with Crippen LogP contribution < -0.4 is 0 Å². The molecule has 0 aromatic heterocycles. The Morgan fingerprint density at radius 3 is 2.00 bits per heavy atom. The molecule has 0 aliphatic carbocycles. The van der Waals surface area contributed by atoms with Crippen molar-refractivity contribution in [3.8, 4) is 0 Å². The fourth-order valence-electron chi connectivity index (χ4n) is 2.60. The van der Waals surface area contributed by atoms with Gasteiger partial charge in [0.1, 0.15) is 6.61 Å². The van der Waals surface area contributed by atoms with E-state index in [0.29, 0.717) is 6.61 Å². The third-order valence-electron chi connectivity index (χ3n) is 5.08. The van der Waals surface area contributed by atoms with Gasteiger partial charge in [-0.05, 0) is 37.8 Å². The zero-order valence-electron chi connectivity index (χ0n) is 15.6. The predicted octanol–water partition coefficient (Wildman–Crippen LogP) is 4.36. The topological polar surface area (TPSA) is 29.5 Å². The molecule has 0 N–H and O–H groups in total. The highest BCUT2D eigenvalue weighted by atomic mass is 16.5. The minimum atomic E-state index is -0.400. The molecule has 126 valence electrons. The van der Waals surface area contributed by atoms with Crippen LogP contribution >= 0.6 is 0 Å². The van der Waals surface area contributed by atoms with E-state index in [1.165, 1.54) is 0 Å². The Balaban J connectivity index is 4.69. The number of esters is 1. The summed E-state index contributed by atoms with van der Waals surface area (Å²) in [6.45, 7) is 20.5. The van der Waals surface area contributed by atoms with E-state index in [1.807, 2.05) is 0 Å². The first-order chi connectivity index (χ1) is 9.62. The average Bonchev–Trinajstić information content (AvgIpc) is 2.42. The van der Waals surface area contributed by atoms with Crippen LogP contribution in [0.4, 0.5) is 0 Å². The molecule has 0 saturated carbocycles. The van der Waals surface area contributed by atoms with Crippen LogP contribution in [-0.2, 0) is 9.53 Å². The largest absolute Gasteiger partial charge is 0.464 e. The molecule has 0 radical (unpaired) electrons. The third-order valence-corrected chi connectivity index (χ3v) is 5.08. The Morgan fingerprint density at radius 2 is 1.62 bits per heavy atom. The Bertz CT molecular complexity index is 308. The molecule has 0 rings (SSSR count). The molecule has 0 amide bonds. The Kier molecular flexibility index (Phi) is 8.53. The molecule has 0 saturated heterocycles. The van der Waals surface area contributed by atoms with Gasteiger partial charge in [-0.3, -0.25) is 4.79 Å². The first-order valence-electron chi connectivity index (χ1n) is 8.52. The minimum absolute atomic E-state index is 0.0359. The highest BCUT2D eigenvalue weighted by Crippen LogP contribution is 2.42. The zero-order chi connectivity index (χ0) is 16.7. The maximum atomic E-state index is 12.6. The van der Waals surface area contributed by atoms with Gasteiger partial charge in [-0.25, -0.2) is 0 Å². The standard InChI is InChI=1S/C18H37NO2/c1-9-17(6,7)14-18(8,15(4)5)16(20)21-13-12-19(10-2)11-3/h15H,9-14H2,1-8H3. The summed E-state index contributed by atoms with van der Waals surface area (Å²) in [5.41, 5.74) is -0.236. The number of nitrogens with zero attached hydrogens (tertiary/aromatic N) is 1. The molecule has 3 nitrogen and oxygen atoms in total. The van der Waals surface area contributed by atoms with Gasteiger partial charge in [0.2, 0.25) is 0 Å². The van der Waals surface area contributed by atoms with Gasteiger partial charge in [-0.1, -0.05) is 54.9 Å². The van der Waals surface area contributed by atoms with Crippen LogP contribution in [0.25, 0.3) is 0 Å². The van der Waals surface area contributed by atoms with Crippen molar-refractivity contribution < 1.29 is 9.53 Å². The summed E-state index contributed by atoms with van der Waals surface area (Å²) in [5, 5.41) is 0. The smallest absolute Gasteiger partial charge is 0.312 e. The fourth-order valence-corrected chi connectivity index (χ4v) is 2.60. The van der Waals surface area contributed by atoms with E-state index in [-0.39, 0.29) is 17.3 Å². The summed E-state index contributed by atoms with van der Waals surface area (Å²) in [7, 11) is 0. The molecule has 0 aromatic carbocycles. The van der Waals surface area contributed by atoms with Gasteiger partial charge in [0.25, 0.3) is 0 Å². The lowest BCUT2D eigenvalue weighted by Gasteiger charge is -2.38. The van der Waals surface area contributed by atoms with Crippen molar-refractivity contribution in [3.05, 3.63) is 0 Å². The zero-order valence-corrected chi connectivity index (χ0v) is 15.6.